The minimum atomic E-state index is -0.388. The molecule has 0 atom stereocenters. The normalized spacial score (nSPS) is 13.9. The van der Waals surface area contributed by atoms with Crippen molar-refractivity contribution in [1.29, 1.82) is 0 Å². The summed E-state index contributed by atoms with van der Waals surface area (Å²) in [6, 6.07) is 18.6. The Kier molecular flexibility index (Phi) is 5.42. The minimum Gasteiger partial charge on any atom is -0.350 e. The second-order valence-corrected chi connectivity index (χ2v) is 8.33. The third-order valence-electron chi connectivity index (χ3n) is 5.61. The highest BCUT2D eigenvalue weighted by atomic mass is 35.5. The average Bonchev–Trinajstić information content (AvgIpc) is 2.97. The molecule has 3 aromatic carbocycles. The lowest BCUT2D eigenvalue weighted by Crippen LogP contribution is -2.32. The summed E-state index contributed by atoms with van der Waals surface area (Å²) in [6.45, 7) is 7.85. The molecule has 0 bridgehead atoms. The first-order valence-electron chi connectivity index (χ1n) is 10.1. The molecular formula is C26H23ClN2O2. The molecule has 1 aliphatic heterocycles. The third-order valence-corrected chi connectivity index (χ3v) is 6.02. The molecule has 0 radical (unpaired) electrons. The number of hydrogen-bond donors (Lipinski definition) is 1. The molecule has 4 rings (SSSR count). The predicted molar refractivity (Wildman–Crippen MR) is 126 cm³/mol. The standard InChI is InChI=1S/C26H23ClN2O2/c1-15-5-9-19(10-6-15)23-24(28-20-11-7-17(3)22(27)14-20)26(31)29(25(23)30)21-12-8-16(2)18(4)13-21/h5-14,28H,1-4H3. The van der Waals surface area contributed by atoms with E-state index < -0.39 is 0 Å². The summed E-state index contributed by atoms with van der Waals surface area (Å²) in [6.07, 6.45) is 0. The zero-order valence-corrected chi connectivity index (χ0v) is 18.7. The molecule has 0 aliphatic carbocycles. The summed E-state index contributed by atoms with van der Waals surface area (Å²) in [5.74, 6) is -0.738. The lowest BCUT2D eigenvalue weighted by molar-refractivity contribution is -0.120. The Morgan fingerprint density at radius 2 is 1.42 bits per heavy atom. The van der Waals surface area contributed by atoms with E-state index in [1.54, 1.807) is 12.1 Å². The largest absolute Gasteiger partial charge is 0.350 e. The molecule has 156 valence electrons. The highest BCUT2D eigenvalue weighted by Crippen LogP contribution is 2.35. The van der Waals surface area contributed by atoms with Crippen LogP contribution in [0.1, 0.15) is 27.8 Å². The number of halogens is 1. The number of nitrogens with zero attached hydrogens (tertiary/aromatic N) is 1. The molecule has 0 aromatic heterocycles. The van der Waals surface area contributed by atoms with Crippen molar-refractivity contribution >= 4 is 40.4 Å². The highest BCUT2D eigenvalue weighted by molar-refractivity contribution is 6.46. The van der Waals surface area contributed by atoms with Gasteiger partial charge in [-0.2, -0.15) is 0 Å². The summed E-state index contributed by atoms with van der Waals surface area (Å²) >= 11 is 6.27. The van der Waals surface area contributed by atoms with Crippen LogP contribution in [0.4, 0.5) is 11.4 Å². The molecule has 2 amide bonds. The summed E-state index contributed by atoms with van der Waals surface area (Å²) < 4.78 is 0. The van der Waals surface area contributed by atoms with Gasteiger partial charge in [0.2, 0.25) is 0 Å². The van der Waals surface area contributed by atoms with E-state index in [2.05, 4.69) is 5.32 Å². The lowest BCUT2D eigenvalue weighted by Gasteiger charge is -2.17. The summed E-state index contributed by atoms with van der Waals surface area (Å²) in [7, 11) is 0. The van der Waals surface area contributed by atoms with Crippen molar-refractivity contribution in [3.63, 3.8) is 0 Å². The van der Waals surface area contributed by atoms with Crippen molar-refractivity contribution < 1.29 is 9.59 Å². The van der Waals surface area contributed by atoms with Crippen LogP contribution in [0.25, 0.3) is 5.57 Å². The van der Waals surface area contributed by atoms with Crippen LogP contribution < -0.4 is 10.2 Å². The van der Waals surface area contributed by atoms with Crippen molar-refractivity contribution in [1.82, 2.24) is 0 Å². The second kappa shape index (κ2) is 8.05. The zero-order chi connectivity index (χ0) is 22.3. The van der Waals surface area contributed by atoms with Crippen LogP contribution in [0.2, 0.25) is 5.02 Å². The predicted octanol–water partition coefficient (Wildman–Crippen LogP) is 5.97. The highest BCUT2D eigenvalue weighted by Gasteiger charge is 2.40. The van der Waals surface area contributed by atoms with Crippen LogP contribution in [0.3, 0.4) is 0 Å². The van der Waals surface area contributed by atoms with Gasteiger partial charge in [-0.25, -0.2) is 4.90 Å². The Morgan fingerprint density at radius 1 is 0.742 bits per heavy atom. The van der Waals surface area contributed by atoms with E-state index >= 15 is 0 Å². The Bertz CT molecular complexity index is 1240. The van der Waals surface area contributed by atoms with Crippen LogP contribution in [0.5, 0.6) is 0 Å². The number of amides is 2. The molecule has 0 spiro atoms. The number of carbonyl (C=O) groups is 2. The molecule has 1 heterocycles. The van der Waals surface area contributed by atoms with Gasteiger partial charge in [-0.15, -0.1) is 0 Å². The van der Waals surface area contributed by atoms with Gasteiger partial charge >= 0.3 is 0 Å². The molecule has 0 saturated carbocycles. The lowest BCUT2D eigenvalue weighted by atomic mass is 10.0. The number of rotatable bonds is 4. The fourth-order valence-corrected chi connectivity index (χ4v) is 3.73. The number of aryl methyl sites for hydroxylation is 4. The zero-order valence-electron chi connectivity index (χ0n) is 17.9. The van der Waals surface area contributed by atoms with Gasteiger partial charge in [0.05, 0.1) is 11.3 Å². The Morgan fingerprint density at radius 3 is 2.06 bits per heavy atom. The van der Waals surface area contributed by atoms with Crippen molar-refractivity contribution in [2.45, 2.75) is 27.7 Å². The summed E-state index contributed by atoms with van der Waals surface area (Å²) in [5, 5.41) is 3.75. The molecule has 1 N–H and O–H groups in total. The molecule has 1 aliphatic rings. The van der Waals surface area contributed by atoms with Gasteiger partial charge < -0.3 is 5.32 Å². The van der Waals surface area contributed by atoms with Crippen molar-refractivity contribution in [3.05, 3.63) is 99.2 Å². The van der Waals surface area contributed by atoms with Gasteiger partial charge in [0.15, 0.2) is 0 Å². The van der Waals surface area contributed by atoms with Crippen molar-refractivity contribution in [3.8, 4) is 0 Å². The van der Waals surface area contributed by atoms with Crippen LogP contribution in [-0.2, 0) is 9.59 Å². The van der Waals surface area contributed by atoms with Gasteiger partial charge in [-0.1, -0.05) is 53.6 Å². The van der Waals surface area contributed by atoms with Crippen LogP contribution in [-0.4, -0.2) is 11.8 Å². The van der Waals surface area contributed by atoms with E-state index in [1.807, 2.05) is 76.2 Å². The molecule has 4 nitrogen and oxygen atoms in total. The summed E-state index contributed by atoms with van der Waals surface area (Å²) in [5.41, 5.74) is 6.61. The van der Waals surface area contributed by atoms with Crippen molar-refractivity contribution in [2.75, 3.05) is 10.2 Å². The Hall–Kier alpha value is -3.37. The van der Waals surface area contributed by atoms with E-state index in [0.717, 1.165) is 22.3 Å². The Balaban J connectivity index is 1.83. The van der Waals surface area contributed by atoms with Gasteiger partial charge in [0.1, 0.15) is 5.70 Å². The number of anilines is 2. The van der Waals surface area contributed by atoms with Gasteiger partial charge in [-0.05, 0) is 74.2 Å². The van der Waals surface area contributed by atoms with E-state index in [-0.39, 0.29) is 17.5 Å². The monoisotopic (exact) mass is 430 g/mol. The fourth-order valence-electron chi connectivity index (χ4n) is 3.55. The van der Waals surface area contributed by atoms with Gasteiger partial charge in [0.25, 0.3) is 11.8 Å². The van der Waals surface area contributed by atoms with E-state index in [9.17, 15) is 9.59 Å². The molecular weight excluding hydrogens is 408 g/mol. The number of hydrogen-bond acceptors (Lipinski definition) is 3. The average molecular weight is 431 g/mol. The topological polar surface area (TPSA) is 49.4 Å². The van der Waals surface area contributed by atoms with Gasteiger partial charge in [0, 0.05) is 10.7 Å². The molecule has 31 heavy (non-hydrogen) atoms. The minimum absolute atomic E-state index is 0.243. The number of imide groups is 1. The van der Waals surface area contributed by atoms with Crippen LogP contribution in [0.15, 0.2) is 66.4 Å². The molecule has 0 saturated heterocycles. The first-order valence-corrected chi connectivity index (χ1v) is 10.4. The van der Waals surface area contributed by atoms with E-state index in [4.69, 9.17) is 11.6 Å². The van der Waals surface area contributed by atoms with Crippen LogP contribution in [0, 0.1) is 27.7 Å². The first-order chi connectivity index (χ1) is 14.8. The molecule has 5 heteroatoms. The van der Waals surface area contributed by atoms with E-state index in [1.165, 1.54) is 4.90 Å². The number of nitrogens with one attached hydrogen (secondary N) is 1. The van der Waals surface area contributed by atoms with Crippen molar-refractivity contribution in [2.24, 2.45) is 0 Å². The molecule has 3 aromatic rings. The summed E-state index contributed by atoms with van der Waals surface area (Å²) in [4.78, 5) is 28.2. The smallest absolute Gasteiger partial charge is 0.282 e. The van der Waals surface area contributed by atoms with E-state index in [0.29, 0.717) is 27.5 Å². The Labute approximate surface area is 187 Å². The maximum absolute atomic E-state index is 13.5. The number of carbonyl (C=O) groups excluding carboxylic acids is 2. The fraction of sp³-hybridized carbons (Fsp3) is 0.154. The second-order valence-electron chi connectivity index (χ2n) is 7.92. The third kappa shape index (κ3) is 3.87. The quantitative estimate of drug-likeness (QED) is 0.518. The maximum Gasteiger partial charge on any atom is 0.282 e. The maximum atomic E-state index is 13.5. The molecule has 0 fully saturated rings. The first kappa shape index (κ1) is 20.9. The number of benzene rings is 3. The van der Waals surface area contributed by atoms with Crippen LogP contribution >= 0.6 is 11.6 Å². The molecule has 0 unspecified atom stereocenters. The van der Waals surface area contributed by atoms with Gasteiger partial charge in [-0.3, -0.25) is 9.59 Å². The SMILES string of the molecule is Cc1ccc(C2=C(Nc3ccc(C)c(Cl)c3)C(=O)N(c3ccc(C)c(C)c3)C2=O)cc1.